The van der Waals surface area contributed by atoms with Crippen molar-refractivity contribution in [2.45, 2.75) is 97.3 Å². The number of carbonyl (C=O) groups is 2. The average molecular weight is 396 g/mol. The molecule has 0 aliphatic carbocycles. The van der Waals surface area contributed by atoms with E-state index in [1.807, 2.05) is 0 Å². The van der Waals surface area contributed by atoms with Gasteiger partial charge in [0.25, 0.3) is 0 Å². The Hall–Kier alpha value is -1.70. The fourth-order valence-electron chi connectivity index (χ4n) is 3.01. The molecule has 28 heavy (non-hydrogen) atoms. The molecule has 1 amide bonds. The number of hydrogen-bond donors (Lipinski definition) is 0. The van der Waals surface area contributed by atoms with Gasteiger partial charge in [-0.3, -0.25) is 9.69 Å². The molecule has 0 N–H and O–H groups in total. The Morgan fingerprint density at radius 3 is 1.75 bits per heavy atom. The molecule has 0 fully saturated rings. The van der Waals surface area contributed by atoms with Crippen LogP contribution in [0.3, 0.4) is 0 Å². The van der Waals surface area contributed by atoms with Gasteiger partial charge in [-0.15, -0.1) is 6.42 Å². The van der Waals surface area contributed by atoms with Crippen molar-refractivity contribution in [1.82, 2.24) is 4.90 Å². The summed E-state index contributed by atoms with van der Waals surface area (Å²) in [7, 11) is 0. The molecule has 162 valence electrons. The SMILES string of the molecule is C#CCOC(=O)N(CC)CC(=O)OCCCCCCCCCCCCCCC. The standard InChI is InChI=1S/C23H41NO4/c1-4-7-8-9-10-11-12-13-14-15-16-17-18-20-27-22(25)21-24(6-3)23(26)28-19-5-2/h2H,4,6-21H2,1,3H3. The minimum absolute atomic E-state index is 0.0939. The van der Waals surface area contributed by atoms with Crippen LogP contribution in [-0.4, -0.2) is 43.3 Å². The molecule has 5 nitrogen and oxygen atoms in total. The number of amides is 1. The molecule has 0 radical (unpaired) electrons. The molecule has 0 heterocycles. The number of terminal acetylenes is 1. The van der Waals surface area contributed by atoms with Crippen LogP contribution in [0.15, 0.2) is 0 Å². The summed E-state index contributed by atoms with van der Waals surface area (Å²) in [5, 5.41) is 0. The lowest BCUT2D eigenvalue weighted by atomic mass is 10.0. The molecule has 0 rings (SSSR count). The van der Waals surface area contributed by atoms with Crippen molar-refractivity contribution in [3.05, 3.63) is 0 Å². The molecule has 0 unspecified atom stereocenters. The summed E-state index contributed by atoms with van der Waals surface area (Å²) in [6.07, 6.45) is 21.1. The largest absolute Gasteiger partial charge is 0.464 e. The molecule has 0 aromatic heterocycles. The summed E-state index contributed by atoms with van der Waals surface area (Å²) < 4.78 is 10.0. The van der Waals surface area contributed by atoms with E-state index in [1.165, 1.54) is 75.5 Å². The Morgan fingerprint density at radius 1 is 0.786 bits per heavy atom. The molecular formula is C23H41NO4. The van der Waals surface area contributed by atoms with Gasteiger partial charge in [-0.25, -0.2) is 4.79 Å². The van der Waals surface area contributed by atoms with E-state index in [1.54, 1.807) is 6.92 Å². The summed E-state index contributed by atoms with van der Waals surface area (Å²) in [4.78, 5) is 24.7. The molecule has 0 aromatic carbocycles. The Morgan fingerprint density at radius 2 is 1.29 bits per heavy atom. The van der Waals surface area contributed by atoms with E-state index in [-0.39, 0.29) is 13.2 Å². The summed E-state index contributed by atoms with van der Waals surface area (Å²) in [6.45, 7) is 4.62. The summed E-state index contributed by atoms with van der Waals surface area (Å²) in [5.74, 6) is 1.82. The summed E-state index contributed by atoms with van der Waals surface area (Å²) in [5.41, 5.74) is 0. The van der Waals surface area contributed by atoms with Crippen molar-refractivity contribution in [3.63, 3.8) is 0 Å². The van der Waals surface area contributed by atoms with Crippen LogP contribution in [-0.2, 0) is 14.3 Å². The smallest absolute Gasteiger partial charge is 0.411 e. The molecule has 0 aromatic rings. The molecule has 0 spiro atoms. The number of ether oxygens (including phenoxy) is 2. The zero-order valence-corrected chi connectivity index (χ0v) is 18.2. The highest BCUT2D eigenvalue weighted by molar-refractivity contribution is 5.78. The maximum Gasteiger partial charge on any atom is 0.411 e. The third-order valence-corrected chi connectivity index (χ3v) is 4.75. The maximum atomic E-state index is 11.8. The Kier molecular flexibility index (Phi) is 18.8. The lowest BCUT2D eigenvalue weighted by Crippen LogP contribution is -2.36. The summed E-state index contributed by atoms with van der Waals surface area (Å²) >= 11 is 0. The van der Waals surface area contributed by atoms with E-state index in [0.717, 1.165) is 12.8 Å². The van der Waals surface area contributed by atoms with Crippen molar-refractivity contribution in [2.24, 2.45) is 0 Å². The van der Waals surface area contributed by atoms with Gasteiger partial charge in [-0.1, -0.05) is 89.9 Å². The highest BCUT2D eigenvalue weighted by Crippen LogP contribution is 2.12. The highest BCUT2D eigenvalue weighted by atomic mass is 16.6. The van der Waals surface area contributed by atoms with Crippen LogP contribution in [0, 0.1) is 12.3 Å². The van der Waals surface area contributed by atoms with E-state index in [9.17, 15) is 9.59 Å². The second kappa shape index (κ2) is 20.0. The minimum atomic E-state index is -0.585. The molecule has 0 saturated carbocycles. The van der Waals surface area contributed by atoms with E-state index in [4.69, 9.17) is 15.9 Å². The first kappa shape index (κ1) is 26.3. The third-order valence-electron chi connectivity index (χ3n) is 4.75. The van der Waals surface area contributed by atoms with Gasteiger partial charge in [-0.2, -0.15) is 0 Å². The lowest BCUT2D eigenvalue weighted by Gasteiger charge is -2.18. The molecule has 0 bridgehead atoms. The Bertz CT molecular complexity index is 431. The zero-order valence-electron chi connectivity index (χ0n) is 18.2. The number of nitrogens with zero attached hydrogens (tertiary/aromatic N) is 1. The topological polar surface area (TPSA) is 55.8 Å². The van der Waals surface area contributed by atoms with Crippen LogP contribution in [0.1, 0.15) is 97.3 Å². The predicted molar refractivity (Wildman–Crippen MR) is 114 cm³/mol. The predicted octanol–water partition coefficient (Wildman–Crippen LogP) is 5.71. The van der Waals surface area contributed by atoms with Gasteiger partial charge in [-0.05, 0) is 13.3 Å². The second-order valence-electron chi connectivity index (χ2n) is 7.24. The van der Waals surface area contributed by atoms with Gasteiger partial charge in [0, 0.05) is 6.54 Å². The zero-order chi connectivity index (χ0) is 20.9. The number of likely N-dealkylation sites (N-methyl/N-ethyl adjacent to an activating group) is 1. The number of esters is 1. The van der Waals surface area contributed by atoms with E-state index < -0.39 is 12.1 Å². The van der Waals surface area contributed by atoms with E-state index >= 15 is 0 Å². The third kappa shape index (κ3) is 16.5. The number of unbranched alkanes of at least 4 members (excludes halogenated alkanes) is 12. The van der Waals surface area contributed by atoms with Crippen LogP contribution < -0.4 is 0 Å². The minimum Gasteiger partial charge on any atom is -0.464 e. The van der Waals surface area contributed by atoms with Gasteiger partial charge >= 0.3 is 12.1 Å². The van der Waals surface area contributed by atoms with Crippen molar-refractivity contribution >= 4 is 12.1 Å². The van der Waals surface area contributed by atoms with E-state index in [0.29, 0.717) is 13.2 Å². The van der Waals surface area contributed by atoms with E-state index in [2.05, 4.69) is 12.8 Å². The van der Waals surface area contributed by atoms with Crippen molar-refractivity contribution in [2.75, 3.05) is 26.3 Å². The molecular weight excluding hydrogens is 354 g/mol. The fourth-order valence-corrected chi connectivity index (χ4v) is 3.01. The first-order valence-electron chi connectivity index (χ1n) is 11.2. The molecule has 5 heteroatoms. The first-order valence-corrected chi connectivity index (χ1v) is 11.2. The first-order chi connectivity index (χ1) is 13.7. The quantitative estimate of drug-likeness (QED) is 0.169. The van der Waals surface area contributed by atoms with Crippen molar-refractivity contribution in [1.29, 1.82) is 0 Å². The highest BCUT2D eigenvalue weighted by Gasteiger charge is 2.17. The monoisotopic (exact) mass is 395 g/mol. The number of hydrogen-bond acceptors (Lipinski definition) is 4. The number of rotatable bonds is 18. The summed E-state index contributed by atoms with van der Waals surface area (Å²) in [6, 6.07) is 0. The molecule has 0 aliphatic heterocycles. The van der Waals surface area contributed by atoms with Crippen LogP contribution in [0.5, 0.6) is 0 Å². The van der Waals surface area contributed by atoms with Gasteiger partial charge in [0.2, 0.25) is 0 Å². The van der Waals surface area contributed by atoms with Gasteiger partial charge in [0.1, 0.15) is 6.54 Å². The van der Waals surface area contributed by atoms with Gasteiger partial charge < -0.3 is 9.47 Å². The van der Waals surface area contributed by atoms with Gasteiger partial charge in [0.05, 0.1) is 6.61 Å². The number of carbonyl (C=O) groups excluding carboxylic acids is 2. The molecule has 0 atom stereocenters. The van der Waals surface area contributed by atoms with Gasteiger partial charge in [0.15, 0.2) is 6.61 Å². The van der Waals surface area contributed by atoms with Crippen LogP contribution in [0.2, 0.25) is 0 Å². The Balaban J connectivity index is 3.47. The lowest BCUT2D eigenvalue weighted by molar-refractivity contribution is -0.144. The van der Waals surface area contributed by atoms with Crippen LogP contribution >= 0.6 is 0 Å². The molecule has 0 aliphatic rings. The maximum absolute atomic E-state index is 11.8. The second-order valence-corrected chi connectivity index (χ2v) is 7.24. The average Bonchev–Trinajstić information content (AvgIpc) is 2.70. The normalized spacial score (nSPS) is 10.3. The Labute approximate surface area is 172 Å². The van der Waals surface area contributed by atoms with Crippen LogP contribution in [0.4, 0.5) is 4.79 Å². The van der Waals surface area contributed by atoms with Crippen molar-refractivity contribution in [3.8, 4) is 12.3 Å². The fraction of sp³-hybridized carbons (Fsp3) is 0.826. The van der Waals surface area contributed by atoms with Crippen molar-refractivity contribution < 1.29 is 19.1 Å². The van der Waals surface area contributed by atoms with Crippen LogP contribution in [0.25, 0.3) is 0 Å². The molecule has 0 saturated heterocycles.